The van der Waals surface area contributed by atoms with Crippen molar-refractivity contribution in [3.8, 4) is 0 Å². The number of quaternary nitrogens is 1. The van der Waals surface area contributed by atoms with E-state index < -0.39 is 26.6 Å². The van der Waals surface area contributed by atoms with Crippen LogP contribution in [0.25, 0.3) is 0 Å². The molecule has 3 unspecified atom stereocenters. The Morgan fingerprint density at radius 2 is 0.713 bits per heavy atom. The summed E-state index contributed by atoms with van der Waals surface area (Å²) in [6, 6.07) is -0.905. The van der Waals surface area contributed by atoms with Crippen molar-refractivity contribution in [2.45, 2.75) is 379 Å². The van der Waals surface area contributed by atoms with E-state index in [0.717, 1.165) is 64.2 Å². The van der Waals surface area contributed by atoms with E-state index >= 15 is 0 Å². The van der Waals surface area contributed by atoms with Crippen molar-refractivity contribution in [3.05, 3.63) is 72.9 Å². The van der Waals surface area contributed by atoms with Gasteiger partial charge in [0, 0.05) is 6.42 Å². The van der Waals surface area contributed by atoms with Crippen molar-refractivity contribution in [1.29, 1.82) is 0 Å². The van der Waals surface area contributed by atoms with Crippen LogP contribution in [0.4, 0.5) is 0 Å². The maximum atomic E-state index is 13.1. The second-order valence-corrected chi connectivity index (χ2v) is 28.4. The Morgan fingerprint density at radius 1 is 0.414 bits per heavy atom. The number of unbranched alkanes of at least 4 members (excludes halogenated alkanes) is 47. The van der Waals surface area contributed by atoms with Crippen LogP contribution in [0.2, 0.25) is 0 Å². The van der Waals surface area contributed by atoms with Crippen molar-refractivity contribution < 1.29 is 32.9 Å². The zero-order valence-corrected chi connectivity index (χ0v) is 59.4. The maximum Gasteiger partial charge on any atom is 0.268 e. The van der Waals surface area contributed by atoms with Crippen LogP contribution in [0, 0.1) is 0 Å². The number of phosphoric acid groups is 1. The number of rotatable bonds is 70. The van der Waals surface area contributed by atoms with Crippen molar-refractivity contribution in [1.82, 2.24) is 5.32 Å². The molecule has 0 aliphatic heterocycles. The highest BCUT2D eigenvalue weighted by Gasteiger charge is 2.23. The van der Waals surface area contributed by atoms with Crippen LogP contribution < -0.4 is 10.2 Å². The molecule has 0 rings (SSSR count). The molecule has 0 bridgehead atoms. The van der Waals surface area contributed by atoms with Gasteiger partial charge in [0.25, 0.3) is 7.82 Å². The summed E-state index contributed by atoms with van der Waals surface area (Å²) < 4.78 is 23.5. The average Bonchev–Trinajstić information content (AvgIpc) is 3.69. The Hall–Kier alpha value is -2.06. The minimum absolute atomic E-state index is 0.00563. The number of nitrogens with one attached hydrogen (secondary N) is 1. The fourth-order valence-electron chi connectivity index (χ4n) is 11.3. The summed E-state index contributed by atoms with van der Waals surface area (Å²) in [6.45, 7) is 4.57. The molecular weight excluding hydrogens is 1090 g/mol. The molecule has 0 aromatic carbocycles. The second-order valence-electron chi connectivity index (χ2n) is 27.0. The minimum atomic E-state index is -4.61. The maximum absolute atomic E-state index is 13.1. The van der Waals surface area contributed by atoms with Gasteiger partial charge in [-0.15, -0.1) is 0 Å². The fraction of sp³-hybridized carbons (Fsp3) is 0.833. The zero-order valence-electron chi connectivity index (χ0n) is 58.5. The SMILES string of the molecule is CC/C=C\C/C=C\C/C=C\C/C=C\CCCCCCCCCCCCCCCCCCCCCCCCCCCCC(=O)NC(COP(=O)([O-])OCC[N+](C)(C)C)C(O)/C=C/CC/C=C/CCCCCCCCCCCCCCCCCCCCCC. The lowest BCUT2D eigenvalue weighted by molar-refractivity contribution is -0.870. The van der Waals surface area contributed by atoms with Crippen molar-refractivity contribution in [2.24, 2.45) is 0 Å². The molecule has 0 aliphatic rings. The van der Waals surface area contributed by atoms with Gasteiger partial charge < -0.3 is 28.8 Å². The third kappa shape index (κ3) is 71.2. The average molecular weight is 1240 g/mol. The summed E-state index contributed by atoms with van der Waals surface area (Å²) in [7, 11) is 1.26. The van der Waals surface area contributed by atoms with Crippen LogP contribution >= 0.6 is 7.82 Å². The highest BCUT2D eigenvalue weighted by atomic mass is 31.2. The van der Waals surface area contributed by atoms with E-state index in [9.17, 15) is 19.4 Å². The van der Waals surface area contributed by atoms with Gasteiger partial charge in [0.15, 0.2) is 0 Å². The van der Waals surface area contributed by atoms with E-state index in [1.165, 1.54) is 283 Å². The van der Waals surface area contributed by atoms with Crippen LogP contribution in [0.15, 0.2) is 72.9 Å². The summed E-state index contributed by atoms with van der Waals surface area (Å²) in [5, 5.41) is 14.0. The molecule has 2 N–H and O–H groups in total. The first-order valence-corrected chi connectivity index (χ1v) is 39.3. The molecule has 0 aromatic rings. The van der Waals surface area contributed by atoms with Crippen molar-refractivity contribution in [2.75, 3.05) is 40.9 Å². The Labute approximate surface area is 542 Å². The quantitative estimate of drug-likeness (QED) is 0.0272. The van der Waals surface area contributed by atoms with Gasteiger partial charge in [-0.1, -0.05) is 363 Å². The lowest BCUT2D eigenvalue weighted by Crippen LogP contribution is -2.45. The Balaban J connectivity index is 3.98. The van der Waals surface area contributed by atoms with Gasteiger partial charge in [0.1, 0.15) is 13.2 Å². The lowest BCUT2D eigenvalue weighted by Gasteiger charge is -2.29. The molecule has 1 amide bonds. The molecule has 0 saturated heterocycles. The zero-order chi connectivity index (χ0) is 63.4. The third-order valence-corrected chi connectivity index (χ3v) is 18.1. The molecule has 510 valence electrons. The smallest absolute Gasteiger partial charge is 0.268 e. The monoisotopic (exact) mass is 1240 g/mol. The van der Waals surface area contributed by atoms with Crippen LogP contribution in [-0.2, 0) is 18.4 Å². The highest BCUT2D eigenvalue weighted by molar-refractivity contribution is 7.45. The predicted octanol–water partition coefficient (Wildman–Crippen LogP) is 23.9. The molecule has 8 nitrogen and oxygen atoms in total. The molecule has 0 radical (unpaired) electrons. The van der Waals surface area contributed by atoms with Crippen LogP contribution in [0.1, 0.15) is 367 Å². The lowest BCUT2D eigenvalue weighted by atomic mass is 10.0. The molecule has 0 fully saturated rings. The van der Waals surface area contributed by atoms with Gasteiger partial charge in [0.05, 0.1) is 39.9 Å². The Kier molecular flexibility index (Phi) is 66.7. The van der Waals surface area contributed by atoms with Crippen LogP contribution in [0.3, 0.4) is 0 Å². The molecular formula is C78H147N2O6P. The second kappa shape index (κ2) is 68.3. The Bertz CT molecular complexity index is 1650. The fourth-order valence-corrected chi connectivity index (χ4v) is 12.1. The van der Waals surface area contributed by atoms with Crippen molar-refractivity contribution >= 4 is 13.7 Å². The number of aliphatic hydroxyl groups is 1. The van der Waals surface area contributed by atoms with E-state index in [0.29, 0.717) is 17.4 Å². The first-order valence-electron chi connectivity index (χ1n) is 37.8. The van der Waals surface area contributed by atoms with E-state index in [4.69, 9.17) is 9.05 Å². The van der Waals surface area contributed by atoms with Crippen LogP contribution in [0.5, 0.6) is 0 Å². The molecule has 3 atom stereocenters. The minimum Gasteiger partial charge on any atom is -0.756 e. The summed E-state index contributed by atoms with van der Waals surface area (Å²) in [5.74, 6) is -0.200. The summed E-state index contributed by atoms with van der Waals surface area (Å²) in [5.41, 5.74) is 0. The summed E-state index contributed by atoms with van der Waals surface area (Å²) in [6.07, 6.45) is 96.3. The molecule has 0 heterocycles. The number of phosphoric ester groups is 1. The number of hydrogen-bond acceptors (Lipinski definition) is 6. The number of nitrogens with zero attached hydrogens (tertiary/aromatic N) is 1. The van der Waals surface area contributed by atoms with E-state index in [1.54, 1.807) is 6.08 Å². The summed E-state index contributed by atoms with van der Waals surface area (Å²) in [4.78, 5) is 25.7. The Morgan fingerprint density at radius 3 is 1.07 bits per heavy atom. The van der Waals surface area contributed by atoms with E-state index in [-0.39, 0.29) is 12.5 Å². The number of amides is 1. The number of aliphatic hydroxyl groups excluding tert-OH is 1. The van der Waals surface area contributed by atoms with Gasteiger partial charge >= 0.3 is 0 Å². The summed E-state index contributed by atoms with van der Waals surface area (Å²) >= 11 is 0. The molecule has 87 heavy (non-hydrogen) atoms. The standard InChI is InChI=1S/C78H147N2O6P/c1-6-8-10-12-14-16-18-20-22-24-26-28-30-32-34-35-36-37-38-39-40-41-42-43-44-45-46-48-50-52-54-56-58-60-62-64-66-68-70-72-78(82)79-76(75-86-87(83,84)85-74-73-80(3,4)5)77(81)71-69-67-65-63-61-59-57-55-53-51-49-47-33-31-29-27-25-23-21-19-17-15-13-11-9-7-2/h8,10,14,16,20,22,26,28,61,63,69,71,76-77,81H,6-7,9,11-13,15,17-19,21,23-25,27,29-60,62,64-68,70,72-75H2,1-5H3,(H-,79,82,83,84)/b10-8-,16-14-,22-20-,28-26-,63-61+,71-69+. The molecule has 0 saturated carbocycles. The van der Waals surface area contributed by atoms with Crippen LogP contribution in [-0.4, -0.2) is 68.5 Å². The molecule has 0 spiro atoms. The topological polar surface area (TPSA) is 108 Å². The first-order chi connectivity index (χ1) is 42.5. The molecule has 0 aromatic heterocycles. The highest BCUT2D eigenvalue weighted by Crippen LogP contribution is 2.38. The number of likely N-dealkylation sites (N-methyl/N-ethyl adjacent to an activating group) is 1. The van der Waals surface area contributed by atoms with Gasteiger partial charge in [-0.3, -0.25) is 9.36 Å². The van der Waals surface area contributed by atoms with Crippen molar-refractivity contribution in [3.63, 3.8) is 0 Å². The number of hydrogen-bond donors (Lipinski definition) is 2. The number of allylic oxidation sites excluding steroid dienone is 11. The van der Waals surface area contributed by atoms with Gasteiger partial charge in [-0.2, -0.15) is 0 Å². The van der Waals surface area contributed by atoms with E-state index in [1.807, 2.05) is 27.2 Å². The largest absolute Gasteiger partial charge is 0.756 e. The third-order valence-electron chi connectivity index (χ3n) is 17.2. The molecule has 0 aliphatic carbocycles. The number of carbonyl (C=O) groups is 1. The first kappa shape index (κ1) is 84.9. The predicted molar refractivity (Wildman–Crippen MR) is 380 cm³/mol. The number of carbonyl (C=O) groups excluding carboxylic acids is 1. The van der Waals surface area contributed by atoms with Gasteiger partial charge in [-0.25, -0.2) is 0 Å². The normalized spacial score (nSPS) is 14.0. The molecule has 9 heteroatoms. The van der Waals surface area contributed by atoms with E-state index in [2.05, 4.69) is 79.9 Å². The van der Waals surface area contributed by atoms with Gasteiger partial charge in [0.2, 0.25) is 5.91 Å². The van der Waals surface area contributed by atoms with Gasteiger partial charge in [-0.05, 0) is 70.6 Å².